The Labute approximate surface area is 157 Å². The normalized spacial score (nSPS) is 10.6. The van der Waals surface area contributed by atoms with Gasteiger partial charge in [0.25, 0.3) is 0 Å². The van der Waals surface area contributed by atoms with Gasteiger partial charge in [0.05, 0.1) is 0 Å². The van der Waals surface area contributed by atoms with E-state index in [4.69, 9.17) is 11.6 Å². The maximum absolute atomic E-state index is 12.9. The average Bonchev–Trinajstić information content (AvgIpc) is 2.59. The Balaban J connectivity index is 1.67. The van der Waals surface area contributed by atoms with Crippen LogP contribution in [-0.4, -0.2) is 16.5 Å². The molecule has 2 N–H and O–H groups in total. The highest BCUT2D eigenvalue weighted by Gasteiger charge is 2.05. The highest BCUT2D eigenvalue weighted by Crippen LogP contribution is 2.24. The maximum Gasteiger partial charge on any atom is 0.224 e. The molecule has 0 spiro atoms. The van der Waals surface area contributed by atoms with E-state index in [1.165, 1.54) is 12.1 Å². The lowest BCUT2D eigenvalue weighted by Gasteiger charge is -2.12. The molecule has 0 unspecified atom stereocenters. The minimum atomic E-state index is -0.226. The van der Waals surface area contributed by atoms with Gasteiger partial charge in [-0.15, -0.1) is 0 Å². The zero-order valence-corrected chi connectivity index (χ0v) is 15.4. The molecule has 0 aliphatic heterocycles. The number of aryl methyl sites for hydroxylation is 2. The fourth-order valence-electron chi connectivity index (χ4n) is 2.55. The van der Waals surface area contributed by atoms with Gasteiger partial charge in [0.15, 0.2) is 0 Å². The van der Waals surface area contributed by atoms with Crippen molar-refractivity contribution in [1.82, 2.24) is 9.97 Å². The second-order valence-corrected chi connectivity index (χ2v) is 6.54. The molecule has 1 aromatic heterocycles. The fraction of sp³-hybridized carbons (Fsp3) is 0.200. The van der Waals surface area contributed by atoms with E-state index in [1.54, 1.807) is 12.1 Å². The third kappa shape index (κ3) is 4.92. The molecular weight excluding hydrogens is 351 g/mol. The van der Waals surface area contributed by atoms with Gasteiger partial charge in [-0.25, -0.2) is 9.37 Å². The molecule has 3 aromatic rings. The van der Waals surface area contributed by atoms with Crippen molar-refractivity contribution in [3.05, 3.63) is 76.2 Å². The van der Waals surface area contributed by atoms with Crippen LogP contribution in [0, 0.1) is 19.7 Å². The van der Waals surface area contributed by atoms with Crippen LogP contribution in [0.2, 0.25) is 5.02 Å². The van der Waals surface area contributed by atoms with E-state index in [9.17, 15) is 4.39 Å². The SMILES string of the molecule is Cc1cc(Nc2cc(Cl)ccc2C)nc(NCCc2ccc(F)cc2)n1. The number of anilines is 3. The van der Waals surface area contributed by atoms with E-state index < -0.39 is 0 Å². The van der Waals surface area contributed by atoms with E-state index >= 15 is 0 Å². The second-order valence-electron chi connectivity index (χ2n) is 6.11. The highest BCUT2D eigenvalue weighted by molar-refractivity contribution is 6.30. The first-order chi connectivity index (χ1) is 12.5. The van der Waals surface area contributed by atoms with Crippen LogP contribution >= 0.6 is 11.6 Å². The number of hydrogen-bond donors (Lipinski definition) is 2. The first kappa shape index (κ1) is 18.1. The van der Waals surface area contributed by atoms with Crippen LogP contribution < -0.4 is 10.6 Å². The molecule has 0 saturated heterocycles. The van der Waals surface area contributed by atoms with Crippen molar-refractivity contribution in [3.63, 3.8) is 0 Å². The summed E-state index contributed by atoms with van der Waals surface area (Å²) in [7, 11) is 0. The molecule has 0 amide bonds. The molecule has 0 aliphatic rings. The monoisotopic (exact) mass is 370 g/mol. The van der Waals surface area contributed by atoms with Gasteiger partial charge in [-0.1, -0.05) is 29.8 Å². The number of halogens is 2. The first-order valence-corrected chi connectivity index (χ1v) is 8.74. The lowest BCUT2D eigenvalue weighted by molar-refractivity contribution is 0.627. The summed E-state index contributed by atoms with van der Waals surface area (Å²) in [6.45, 7) is 4.59. The number of nitrogens with zero attached hydrogens (tertiary/aromatic N) is 2. The molecule has 0 bridgehead atoms. The maximum atomic E-state index is 12.9. The molecule has 134 valence electrons. The van der Waals surface area contributed by atoms with Crippen LogP contribution in [0.5, 0.6) is 0 Å². The lowest BCUT2D eigenvalue weighted by atomic mass is 10.1. The van der Waals surface area contributed by atoms with Gasteiger partial charge in [-0.05, 0) is 55.7 Å². The molecular formula is C20H20ClFN4. The van der Waals surface area contributed by atoms with Gasteiger partial charge >= 0.3 is 0 Å². The van der Waals surface area contributed by atoms with Gasteiger partial charge in [-0.3, -0.25) is 0 Å². The Bertz CT molecular complexity index is 897. The number of aromatic nitrogens is 2. The van der Waals surface area contributed by atoms with Crippen LogP contribution in [-0.2, 0) is 6.42 Å². The van der Waals surface area contributed by atoms with Crippen LogP contribution in [0.3, 0.4) is 0 Å². The first-order valence-electron chi connectivity index (χ1n) is 8.37. The zero-order chi connectivity index (χ0) is 18.5. The molecule has 0 atom stereocenters. The molecule has 3 rings (SSSR count). The van der Waals surface area contributed by atoms with Gasteiger partial charge < -0.3 is 10.6 Å². The van der Waals surface area contributed by atoms with Crippen molar-refractivity contribution in [2.45, 2.75) is 20.3 Å². The predicted molar refractivity (Wildman–Crippen MR) is 105 cm³/mol. The third-order valence-corrected chi connectivity index (χ3v) is 4.16. The summed E-state index contributed by atoms with van der Waals surface area (Å²) >= 11 is 6.07. The fourth-order valence-corrected chi connectivity index (χ4v) is 2.72. The van der Waals surface area contributed by atoms with E-state index in [0.29, 0.717) is 23.3 Å². The lowest BCUT2D eigenvalue weighted by Crippen LogP contribution is -2.09. The highest BCUT2D eigenvalue weighted by atomic mass is 35.5. The number of rotatable bonds is 6. The quantitative estimate of drug-likeness (QED) is 0.619. The van der Waals surface area contributed by atoms with Crippen molar-refractivity contribution in [3.8, 4) is 0 Å². The van der Waals surface area contributed by atoms with Crippen LogP contribution in [0.25, 0.3) is 0 Å². The van der Waals surface area contributed by atoms with Crippen LogP contribution in [0.15, 0.2) is 48.5 Å². The Morgan fingerprint density at radius 3 is 2.54 bits per heavy atom. The number of hydrogen-bond acceptors (Lipinski definition) is 4. The van der Waals surface area contributed by atoms with Crippen molar-refractivity contribution in [2.24, 2.45) is 0 Å². The molecule has 1 heterocycles. The molecule has 4 nitrogen and oxygen atoms in total. The Kier molecular flexibility index (Phi) is 5.68. The molecule has 26 heavy (non-hydrogen) atoms. The summed E-state index contributed by atoms with van der Waals surface area (Å²) < 4.78 is 12.9. The summed E-state index contributed by atoms with van der Waals surface area (Å²) in [5.41, 5.74) is 3.90. The summed E-state index contributed by atoms with van der Waals surface area (Å²) in [5, 5.41) is 7.18. The minimum Gasteiger partial charge on any atom is -0.354 e. The van der Waals surface area contributed by atoms with Crippen molar-refractivity contribution < 1.29 is 4.39 Å². The van der Waals surface area contributed by atoms with Crippen LogP contribution in [0.4, 0.5) is 21.8 Å². The molecule has 0 aliphatic carbocycles. The molecule has 2 aromatic carbocycles. The van der Waals surface area contributed by atoms with Crippen molar-refractivity contribution in [1.29, 1.82) is 0 Å². The summed E-state index contributed by atoms with van der Waals surface area (Å²) in [6, 6.07) is 14.1. The van der Waals surface area contributed by atoms with Gasteiger partial charge in [-0.2, -0.15) is 4.98 Å². The Morgan fingerprint density at radius 1 is 1.00 bits per heavy atom. The number of benzene rings is 2. The minimum absolute atomic E-state index is 0.226. The molecule has 6 heteroatoms. The van der Waals surface area contributed by atoms with Gasteiger partial charge in [0.2, 0.25) is 5.95 Å². The molecule has 0 saturated carbocycles. The topological polar surface area (TPSA) is 49.8 Å². The van der Waals surface area contributed by atoms with Gasteiger partial charge in [0.1, 0.15) is 11.6 Å². The van der Waals surface area contributed by atoms with Crippen molar-refractivity contribution in [2.75, 3.05) is 17.2 Å². The van der Waals surface area contributed by atoms with Gasteiger partial charge in [0, 0.05) is 29.0 Å². The zero-order valence-electron chi connectivity index (χ0n) is 14.7. The van der Waals surface area contributed by atoms with Crippen molar-refractivity contribution >= 4 is 29.1 Å². The third-order valence-electron chi connectivity index (χ3n) is 3.93. The van der Waals surface area contributed by atoms with E-state index in [1.807, 2.05) is 38.1 Å². The second kappa shape index (κ2) is 8.15. The van der Waals surface area contributed by atoms with E-state index in [2.05, 4.69) is 20.6 Å². The summed E-state index contributed by atoms with van der Waals surface area (Å²) in [5.74, 6) is 1.03. The van der Waals surface area contributed by atoms with E-state index in [-0.39, 0.29) is 5.82 Å². The molecule has 0 radical (unpaired) electrons. The largest absolute Gasteiger partial charge is 0.354 e. The smallest absolute Gasteiger partial charge is 0.224 e. The summed E-state index contributed by atoms with van der Waals surface area (Å²) in [4.78, 5) is 8.92. The van der Waals surface area contributed by atoms with E-state index in [0.717, 1.165) is 28.9 Å². The molecule has 0 fully saturated rings. The Morgan fingerprint density at radius 2 is 1.77 bits per heavy atom. The standard InChI is InChI=1S/C20H20ClFN4/c1-13-3-6-16(21)12-18(13)25-19-11-14(2)24-20(26-19)23-10-9-15-4-7-17(22)8-5-15/h3-8,11-12H,9-10H2,1-2H3,(H2,23,24,25,26). The number of nitrogens with one attached hydrogen (secondary N) is 2. The average molecular weight is 371 g/mol. The Hall–Kier alpha value is -2.66. The summed E-state index contributed by atoms with van der Waals surface area (Å²) in [6.07, 6.45) is 0.758. The van der Waals surface area contributed by atoms with Crippen LogP contribution in [0.1, 0.15) is 16.8 Å². The predicted octanol–water partition coefficient (Wildman–Crippen LogP) is 5.28.